The van der Waals surface area contributed by atoms with Crippen molar-refractivity contribution in [3.05, 3.63) is 288 Å². The van der Waals surface area contributed by atoms with Gasteiger partial charge in [-0.25, -0.2) is 0 Å². The van der Waals surface area contributed by atoms with Crippen molar-refractivity contribution in [1.29, 1.82) is 0 Å². The van der Waals surface area contributed by atoms with E-state index in [1.165, 1.54) is 117 Å². The number of fused-ring (bicyclic) bond motifs is 18. The Morgan fingerprint density at radius 2 is 0.778 bits per heavy atom. The summed E-state index contributed by atoms with van der Waals surface area (Å²) in [5, 5.41) is 2.46. The van der Waals surface area contributed by atoms with Crippen molar-refractivity contribution < 1.29 is 0 Å². The summed E-state index contributed by atoms with van der Waals surface area (Å²) in [5.74, 6) is 0. The number of nitrogens with zero attached hydrogens (tertiary/aromatic N) is 2. The third kappa shape index (κ3) is 5.55. The van der Waals surface area contributed by atoms with E-state index in [1.807, 2.05) is 0 Å². The maximum Gasteiger partial charge on any atom is 0.0726 e. The fraction of sp³-hybridized carbons (Fsp3) is 0.0571. The first-order valence-corrected chi connectivity index (χ1v) is 25.3. The first-order valence-electron chi connectivity index (χ1n) is 25.3. The molecule has 3 aliphatic rings. The highest BCUT2D eigenvalue weighted by Gasteiger charge is 2.50. The minimum Gasteiger partial charge on any atom is -0.310 e. The van der Waals surface area contributed by atoms with Crippen LogP contribution < -0.4 is 4.90 Å². The Balaban J connectivity index is 1.02. The van der Waals surface area contributed by atoms with E-state index in [9.17, 15) is 0 Å². The molecule has 0 atom stereocenters. The van der Waals surface area contributed by atoms with Crippen molar-refractivity contribution >= 4 is 38.9 Å². The average Bonchev–Trinajstić information content (AvgIpc) is 3.98. The molecule has 2 nitrogen and oxygen atoms in total. The maximum atomic E-state index is 2.60. The lowest BCUT2D eigenvalue weighted by molar-refractivity contribution is 0.661. The molecule has 11 aromatic carbocycles. The summed E-state index contributed by atoms with van der Waals surface area (Å²) < 4.78 is 2.60. The lowest BCUT2D eigenvalue weighted by atomic mass is 9.66. The Kier molecular flexibility index (Phi) is 8.66. The van der Waals surface area contributed by atoms with Gasteiger partial charge < -0.3 is 9.47 Å². The molecular weight excluding hydrogens is 869 g/mol. The highest BCUT2D eigenvalue weighted by Crippen LogP contribution is 2.63. The number of rotatable bonds is 5. The predicted octanol–water partition coefficient (Wildman–Crippen LogP) is 18.2. The van der Waals surface area contributed by atoms with Crippen LogP contribution in [0.2, 0.25) is 0 Å². The van der Waals surface area contributed by atoms with Crippen molar-refractivity contribution in [1.82, 2.24) is 4.57 Å². The topological polar surface area (TPSA) is 8.17 Å². The van der Waals surface area contributed by atoms with Gasteiger partial charge in [-0.3, -0.25) is 0 Å². The second-order valence-corrected chi connectivity index (χ2v) is 20.3. The first kappa shape index (κ1) is 40.9. The molecule has 0 aliphatic heterocycles. The van der Waals surface area contributed by atoms with E-state index in [2.05, 4.69) is 278 Å². The van der Waals surface area contributed by atoms with E-state index in [1.54, 1.807) is 0 Å². The molecule has 0 N–H and O–H groups in total. The molecule has 1 spiro atoms. The summed E-state index contributed by atoms with van der Waals surface area (Å²) in [6.07, 6.45) is 0. The molecule has 338 valence electrons. The molecule has 12 aromatic rings. The number of aromatic nitrogens is 1. The van der Waals surface area contributed by atoms with Crippen molar-refractivity contribution in [2.24, 2.45) is 0 Å². The van der Waals surface area contributed by atoms with E-state index >= 15 is 0 Å². The van der Waals surface area contributed by atoms with Gasteiger partial charge in [0, 0.05) is 38.8 Å². The van der Waals surface area contributed by atoms with Gasteiger partial charge in [-0.2, -0.15) is 0 Å². The van der Waals surface area contributed by atoms with E-state index < -0.39 is 5.41 Å². The van der Waals surface area contributed by atoms with Crippen LogP contribution in [0.15, 0.2) is 255 Å². The number of hydrogen-bond acceptors (Lipinski definition) is 1. The zero-order chi connectivity index (χ0) is 47.7. The quantitative estimate of drug-likeness (QED) is 0.167. The standard InChI is InChI=1S/C70H48N2/c1-69(2)59-30-15-11-28-54(59)56-43-58-57-42-49(71(47-22-7-4-8-23-47)48-38-36-46(37-39-48)45-20-5-3-6-21-45)40-41-65(57)72(67(58)44-64(56)69)66-35-19-34-63-68(66)55-29-14-18-33-62(55)70(63)60-31-16-12-26-52(60)50-24-9-10-25-51(50)53-27-13-17-32-61(53)70/h3-44H,1-2H3. The fourth-order valence-corrected chi connectivity index (χ4v) is 13.3. The lowest BCUT2D eigenvalue weighted by Gasteiger charge is -2.35. The molecule has 0 radical (unpaired) electrons. The Bertz CT molecular complexity index is 4110. The SMILES string of the molecule is CC1(C)c2ccccc2-c2cc3c4cc(N(c5ccccc5)c5ccc(-c6ccccc6)cc5)ccc4n(-c4cccc5c4-c4ccccc4C54c5ccccc5-c5ccccc5-c5ccccc54)c3cc21. The summed E-state index contributed by atoms with van der Waals surface area (Å²) >= 11 is 0. The molecule has 0 bridgehead atoms. The number of hydrogen-bond donors (Lipinski definition) is 0. The normalized spacial score (nSPS) is 13.9. The Labute approximate surface area is 420 Å². The summed E-state index contributed by atoms with van der Waals surface area (Å²) in [4.78, 5) is 2.41. The minimum atomic E-state index is -0.586. The second-order valence-electron chi connectivity index (χ2n) is 20.3. The van der Waals surface area contributed by atoms with Crippen molar-refractivity contribution in [2.45, 2.75) is 24.7 Å². The maximum absolute atomic E-state index is 2.60. The van der Waals surface area contributed by atoms with Gasteiger partial charge in [-0.05, 0) is 144 Å². The van der Waals surface area contributed by atoms with Gasteiger partial charge in [-0.1, -0.05) is 208 Å². The van der Waals surface area contributed by atoms with Crippen molar-refractivity contribution in [3.8, 4) is 61.3 Å². The van der Waals surface area contributed by atoms with Crippen LogP contribution in [0.25, 0.3) is 83.1 Å². The largest absolute Gasteiger partial charge is 0.310 e. The number of para-hydroxylation sites is 1. The molecule has 1 heterocycles. The van der Waals surface area contributed by atoms with E-state index in [4.69, 9.17) is 0 Å². The molecule has 1 aromatic heterocycles. The highest BCUT2D eigenvalue weighted by molar-refractivity contribution is 6.14. The van der Waals surface area contributed by atoms with Crippen LogP contribution >= 0.6 is 0 Å². The Morgan fingerprint density at radius 1 is 0.306 bits per heavy atom. The minimum absolute atomic E-state index is 0.180. The molecule has 0 unspecified atom stereocenters. The average molecular weight is 917 g/mol. The molecule has 3 aliphatic carbocycles. The van der Waals surface area contributed by atoms with Crippen LogP contribution in [0.4, 0.5) is 17.1 Å². The van der Waals surface area contributed by atoms with Crippen LogP contribution in [0.1, 0.15) is 47.2 Å². The van der Waals surface area contributed by atoms with Gasteiger partial charge in [0.25, 0.3) is 0 Å². The van der Waals surface area contributed by atoms with Gasteiger partial charge in [-0.15, -0.1) is 0 Å². The molecule has 0 saturated heterocycles. The van der Waals surface area contributed by atoms with Crippen molar-refractivity contribution in [3.63, 3.8) is 0 Å². The third-order valence-corrected chi connectivity index (χ3v) is 16.4. The molecule has 2 heteroatoms. The van der Waals surface area contributed by atoms with Gasteiger partial charge in [0.05, 0.1) is 22.1 Å². The van der Waals surface area contributed by atoms with Gasteiger partial charge in [0.2, 0.25) is 0 Å². The summed E-state index contributed by atoms with van der Waals surface area (Å²) in [5.41, 5.74) is 26.8. The van der Waals surface area contributed by atoms with Crippen LogP contribution in [0.5, 0.6) is 0 Å². The Morgan fingerprint density at radius 3 is 1.43 bits per heavy atom. The van der Waals surface area contributed by atoms with Crippen LogP contribution in [0.3, 0.4) is 0 Å². The number of benzene rings is 11. The van der Waals surface area contributed by atoms with Crippen LogP contribution in [-0.4, -0.2) is 4.57 Å². The Hall–Kier alpha value is -8.98. The zero-order valence-electron chi connectivity index (χ0n) is 40.1. The molecular formula is C70H48N2. The molecule has 15 rings (SSSR count). The molecule has 0 fully saturated rings. The van der Waals surface area contributed by atoms with E-state index in [-0.39, 0.29) is 5.41 Å². The van der Waals surface area contributed by atoms with Gasteiger partial charge >= 0.3 is 0 Å². The predicted molar refractivity (Wildman–Crippen MR) is 300 cm³/mol. The molecule has 72 heavy (non-hydrogen) atoms. The second kappa shape index (κ2) is 15.3. The smallest absolute Gasteiger partial charge is 0.0726 e. The fourth-order valence-electron chi connectivity index (χ4n) is 13.3. The monoisotopic (exact) mass is 916 g/mol. The summed E-state index contributed by atoms with van der Waals surface area (Å²) in [7, 11) is 0. The van der Waals surface area contributed by atoms with E-state index in [0.717, 1.165) is 17.1 Å². The van der Waals surface area contributed by atoms with Crippen LogP contribution in [0, 0.1) is 0 Å². The summed E-state index contributed by atoms with van der Waals surface area (Å²) in [6, 6.07) is 95.4. The van der Waals surface area contributed by atoms with E-state index in [0.29, 0.717) is 0 Å². The molecule has 0 amide bonds. The number of anilines is 3. The van der Waals surface area contributed by atoms with Gasteiger partial charge in [0.1, 0.15) is 0 Å². The lowest BCUT2D eigenvalue weighted by Crippen LogP contribution is -2.29. The first-order chi connectivity index (χ1) is 35.5. The van der Waals surface area contributed by atoms with Gasteiger partial charge in [0.15, 0.2) is 0 Å². The highest BCUT2D eigenvalue weighted by atomic mass is 15.1. The van der Waals surface area contributed by atoms with Crippen LogP contribution in [-0.2, 0) is 10.8 Å². The van der Waals surface area contributed by atoms with Crippen molar-refractivity contribution in [2.75, 3.05) is 4.90 Å². The molecule has 0 saturated carbocycles. The third-order valence-electron chi connectivity index (χ3n) is 16.4. The zero-order valence-corrected chi connectivity index (χ0v) is 40.1. The summed E-state index contributed by atoms with van der Waals surface area (Å²) in [6.45, 7) is 4.79.